The van der Waals surface area contributed by atoms with Crippen LogP contribution in [0.25, 0.3) is 0 Å². The zero-order valence-corrected chi connectivity index (χ0v) is 11.9. The van der Waals surface area contributed by atoms with Crippen molar-refractivity contribution in [3.63, 3.8) is 0 Å². The van der Waals surface area contributed by atoms with Crippen LogP contribution in [-0.2, 0) is 0 Å². The van der Waals surface area contributed by atoms with Crippen molar-refractivity contribution in [2.24, 2.45) is 5.92 Å². The minimum Gasteiger partial charge on any atom is -0.497 e. The second kappa shape index (κ2) is 6.92. The second-order valence-electron chi connectivity index (χ2n) is 5.50. The number of nitrogens with one attached hydrogen (secondary N) is 1. The number of methoxy groups -OCH3 is 1. The van der Waals surface area contributed by atoms with Crippen LogP contribution in [0.2, 0.25) is 0 Å². The third-order valence-electron chi connectivity index (χ3n) is 4.20. The molecular formula is C16H25NO2. The minimum absolute atomic E-state index is 0.284. The summed E-state index contributed by atoms with van der Waals surface area (Å²) in [5, 5.41) is 13.1. The molecule has 0 amide bonds. The van der Waals surface area contributed by atoms with Crippen LogP contribution in [0.1, 0.15) is 44.2 Å². The number of ether oxygens (including phenoxy) is 1. The monoisotopic (exact) mass is 263 g/mol. The van der Waals surface area contributed by atoms with E-state index in [0.29, 0.717) is 18.6 Å². The van der Waals surface area contributed by atoms with Crippen molar-refractivity contribution in [2.45, 2.75) is 44.7 Å². The first-order valence-electron chi connectivity index (χ1n) is 7.25. The van der Waals surface area contributed by atoms with Crippen LogP contribution in [0, 0.1) is 5.92 Å². The highest BCUT2D eigenvalue weighted by Crippen LogP contribution is 2.27. The van der Waals surface area contributed by atoms with Crippen molar-refractivity contribution in [1.82, 2.24) is 5.32 Å². The number of hydrogen-bond acceptors (Lipinski definition) is 3. The van der Waals surface area contributed by atoms with Gasteiger partial charge in [-0.25, -0.2) is 0 Å². The largest absolute Gasteiger partial charge is 0.497 e. The third kappa shape index (κ3) is 3.71. The Morgan fingerprint density at radius 3 is 2.89 bits per heavy atom. The molecule has 0 heterocycles. The fraction of sp³-hybridized carbons (Fsp3) is 0.625. The van der Waals surface area contributed by atoms with Crippen LogP contribution < -0.4 is 10.1 Å². The van der Waals surface area contributed by atoms with Crippen LogP contribution >= 0.6 is 0 Å². The van der Waals surface area contributed by atoms with Gasteiger partial charge in [0, 0.05) is 18.7 Å². The van der Waals surface area contributed by atoms with E-state index in [9.17, 15) is 5.11 Å². The number of aliphatic hydroxyl groups excluding tert-OH is 1. The summed E-state index contributed by atoms with van der Waals surface area (Å²) in [4.78, 5) is 0. The number of aliphatic hydroxyl groups is 1. The highest BCUT2D eigenvalue weighted by Gasteiger charge is 2.25. The lowest BCUT2D eigenvalue weighted by molar-refractivity contribution is 0.147. The molecule has 0 aliphatic heterocycles. The van der Waals surface area contributed by atoms with Crippen molar-refractivity contribution in [1.29, 1.82) is 0 Å². The summed E-state index contributed by atoms with van der Waals surface area (Å²) < 4.78 is 5.27. The van der Waals surface area contributed by atoms with Crippen LogP contribution in [0.4, 0.5) is 0 Å². The standard InChI is InChI=1S/C16H25NO2/c1-12(13-7-5-8-15(10-13)19-2)17-16-9-4-3-6-14(16)11-18/h5,7-8,10,12,14,16-18H,3-4,6,9,11H2,1-2H3. The molecule has 1 aromatic carbocycles. The van der Waals surface area contributed by atoms with E-state index in [1.54, 1.807) is 7.11 Å². The molecule has 0 saturated heterocycles. The molecule has 1 saturated carbocycles. The van der Waals surface area contributed by atoms with Gasteiger partial charge in [0.15, 0.2) is 0 Å². The Balaban J connectivity index is 2.00. The molecule has 1 fully saturated rings. The molecule has 3 unspecified atom stereocenters. The van der Waals surface area contributed by atoms with Gasteiger partial charge in [-0.3, -0.25) is 0 Å². The highest BCUT2D eigenvalue weighted by molar-refractivity contribution is 5.30. The van der Waals surface area contributed by atoms with Gasteiger partial charge in [0.05, 0.1) is 7.11 Å². The van der Waals surface area contributed by atoms with Crippen LogP contribution in [0.5, 0.6) is 5.75 Å². The lowest BCUT2D eigenvalue weighted by atomic mass is 9.84. The van der Waals surface area contributed by atoms with E-state index in [4.69, 9.17) is 4.74 Å². The van der Waals surface area contributed by atoms with Gasteiger partial charge in [-0.1, -0.05) is 25.0 Å². The van der Waals surface area contributed by atoms with Crippen molar-refractivity contribution < 1.29 is 9.84 Å². The molecule has 19 heavy (non-hydrogen) atoms. The van der Waals surface area contributed by atoms with Crippen molar-refractivity contribution in [2.75, 3.05) is 13.7 Å². The molecule has 1 aromatic rings. The van der Waals surface area contributed by atoms with Gasteiger partial charge >= 0.3 is 0 Å². The quantitative estimate of drug-likeness (QED) is 0.858. The summed E-state index contributed by atoms with van der Waals surface area (Å²) in [5.41, 5.74) is 1.24. The first-order chi connectivity index (χ1) is 9.24. The lowest BCUT2D eigenvalue weighted by Gasteiger charge is -2.33. The van der Waals surface area contributed by atoms with E-state index >= 15 is 0 Å². The summed E-state index contributed by atoms with van der Waals surface area (Å²) in [6, 6.07) is 8.90. The summed E-state index contributed by atoms with van der Waals surface area (Å²) in [6.45, 7) is 2.47. The first-order valence-corrected chi connectivity index (χ1v) is 7.25. The average Bonchev–Trinajstić information content (AvgIpc) is 2.47. The Morgan fingerprint density at radius 2 is 2.16 bits per heavy atom. The van der Waals surface area contributed by atoms with Gasteiger partial charge in [0.1, 0.15) is 5.75 Å². The van der Waals surface area contributed by atoms with Crippen molar-refractivity contribution >= 4 is 0 Å². The summed E-state index contributed by atoms with van der Waals surface area (Å²) in [7, 11) is 1.69. The molecule has 0 spiro atoms. The smallest absolute Gasteiger partial charge is 0.119 e. The summed E-state index contributed by atoms with van der Waals surface area (Å²) >= 11 is 0. The Labute approximate surface area is 116 Å². The van der Waals surface area contributed by atoms with Crippen LogP contribution in [0.3, 0.4) is 0 Å². The van der Waals surface area contributed by atoms with E-state index in [0.717, 1.165) is 12.2 Å². The maximum atomic E-state index is 9.47. The number of hydrogen-bond donors (Lipinski definition) is 2. The Morgan fingerprint density at radius 1 is 1.37 bits per heavy atom. The number of rotatable bonds is 5. The number of benzene rings is 1. The van der Waals surface area contributed by atoms with E-state index in [1.165, 1.54) is 24.8 Å². The predicted molar refractivity (Wildman–Crippen MR) is 77.4 cm³/mol. The predicted octanol–water partition coefficient (Wildman–Crippen LogP) is 2.90. The summed E-state index contributed by atoms with van der Waals surface area (Å²) in [5.74, 6) is 1.30. The molecular weight excluding hydrogens is 238 g/mol. The van der Waals surface area contributed by atoms with Gasteiger partial charge in [-0.15, -0.1) is 0 Å². The average molecular weight is 263 g/mol. The first kappa shape index (κ1) is 14.4. The highest BCUT2D eigenvalue weighted by atomic mass is 16.5. The molecule has 3 heteroatoms. The Bertz CT molecular complexity index is 394. The van der Waals surface area contributed by atoms with Crippen molar-refractivity contribution in [3.8, 4) is 5.75 Å². The van der Waals surface area contributed by atoms with Gasteiger partial charge in [-0.05, 0) is 43.4 Å². The molecule has 3 nitrogen and oxygen atoms in total. The van der Waals surface area contributed by atoms with Crippen molar-refractivity contribution in [3.05, 3.63) is 29.8 Å². The topological polar surface area (TPSA) is 41.5 Å². The lowest BCUT2D eigenvalue weighted by Crippen LogP contribution is -2.41. The fourth-order valence-electron chi connectivity index (χ4n) is 2.97. The van der Waals surface area contributed by atoms with E-state index in [2.05, 4.69) is 24.4 Å². The van der Waals surface area contributed by atoms with Gasteiger partial charge < -0.3 is 15.2 Å². The van der Waals surface area contributed by atoms with Gasteiger partial charge in [0.25, 0.3) is 0 Å². The Kier molecular flexibility index (Phi) is 5.23. The fourth-order valence-corrected chi connectivity index (χ4v) is 2.97. The molecule has 2 rings (SSSR count). The van der Waals surface area contributed by atoms with Crippen LogP contribution in [0.15, 0.2) is 24.3 Å². The minimum atomic E-state index is 0.284. The molecule has 106 valence electrons. The molecule has 1 aliphatic carbocycles. The SMILES string of the molecule is COc1cccc(C(C)NC2CCCCC2CO)c1. The normalized spacial score (nSPS) is 25.0. The maximum absolute atomic E-state index is 9.47. The molecule has 0 radical (unpaired) electrons. The summed E-state index contributed by atoms with van der Waals surface area (Å²) in [6.07, 6.45) is 4.81. The van der Waals surface area contributed by atoms with Gasteiger partial charge in [0.2, 0.25) is 0 Å². The van der Waals surface area contributed by atoms with E-state index in [1.807, 2.05) is 12.1 Å². The Hall–Kier alpha value is -1.06. The zero-order chi connectivity index (χ0) is 13.7. The molecule has 2 N–H and O–H groups in total. The van der Waals surface area contributed by atoms with Gasteiger partial charge in [-0.2, -0.15) is 0 Å². The molecule has 3 atom stereocenters. The van der Waals surface area contributed by atoms with Crippen LogP contribution in [-0.4, -0.2) is 24.9 Å². The molecule has 0 bridgehead atoms. The maximum Gasteiger partial charge on any atom is 0.119 e. The van der Waals surface area contributed by atoms with E-state index in [-0.39, 0.29) is 6.04 Å². The second-order valence-corrected chi connectivity index (χ2v) is 5.50. The molecule has 1 aliphatic rings. The third-order valence-corrected chi connectivity index (χ3v) is 4.20. The van der Waals surface area contributed by atoms with E-state index < -0.39 is 0 Å². The molecule has 0 aromatic heterocycles. The zero-order valence-electron chi connectivity index (χ0n) is 11.9.